The van der Waals surface area contributed by atoms with E-state index in [-0.39, 0.29) is 36.3 Å². The monoisotopic (exact) mass is 403 g/mol. The molecule has 1 aromatic rings. The fraction of sp³-hybridized carbons (Fsp3) is 0.571. The number of hydrogen-bond donors (Lipinski definition) is 2. The predicted molar refractivity (Wildman–Crippen MR) is 111 cm³/mol. The molecule has 1 aromatic carbocycles. The molecule has 0 bridgehead atoms. The van der Waals surface area contributed by atoms with E-state index in [2.05, 4.69) is 5.32 Å². The van der Waals surface area contributed by atoms with E-state index in [1.807, 2.05) is 37.3 Å². The number of nitrogens with one attached hydrogen (secondary N) is 1. The van der Waals surface area contributed by atoms with Gasteiger partial charge in [-0.3, -0.25) is 14.5 Å². The number of amides is 2. The second kappa shape index (κ2) is 9.47. The molecular weight excluding hydrogens is 374 g/mol. The smallest absolute Gasteiger partial charge is 0.233 e. The van der Waals surface area contributed by atoms with E-state index in [9.17, 15) is 14.7 Å². The molecule has 1 saturated carbocycles. The number of benzene rings is 1. The molecule has 1 saturated heterocycles. The SMILES string of the molecule is CCCN1C(=O)C2CCC(C(=O)N(CCO)Cc3ccccc3)CC2NC1=S. The maximum Gasteiger partial charge on any atom is 0.233 e. The fourth-order valence-electron chi connectivity index (χ4n) is 4.27. The van der Waals surface area contributed by atoms with Gasteiger partial charge in [0.15, 0.2) is 5.11 Å². The minimum absolute atomic E-state index is 0.0486. The third-order valence-corrected chi connectivity index (χ3v) is 6.02. The predicted octanol–water partition coefficient (Wildman–Crippen LogP) is 1.92. The van der Waals surface area contributed by atoms with Gasteiger partial charge in [-0.15, -0.1) is 0 Å². The van der Waals surface area contributed by atoms with Crippen molar-refractivity contribution in [1.29, 1.82) is 0 Å². The third-order valence-electron chi connectivity index (χ3n) is 5.68. The summed E-state index contributed by atoms with van der Waals surface area (Å²) in [6, 6.07) is 9.72. The topological polar surface area (TPSA) is 72.9 Å². The van der Waals surface area contributed by atoms with Crippen LogP contribution in [0.15, 0.2) is 30.3 Å². The van der Waals surface area contributed by atoms with Crippen LogP contribution in [-0.4, -0.2) is 57.6 Å². The quantitative estimate of drug-likeness (QED) is 0.681. The van der Waals surface area contributed by atoms with E-state index in [4.69, 9.17) is 12.2 Å². The van der Waals surface area contributed by atoms with Crippen LogP contribution in [0.25, 0.3) is 0 Å². The Labute approximate surface area is 171 Å². The molecular formula is C21H29N3O3S. The molecule has 152 valence electrons. The van der Waals surface area contributed by atoms with Crippen molar-refractivity contribution in [1.82, 2.24) is 15.1 Å². The molecule has 2 N–H and O–H groups in total. The Balaban J connectivity index is 1.67. The zero-order valence-electron chi connectivity index (χ0n) is 16.3. The van der Waals surface area contributed by atoms with Gasteiger partial charge in [0.25, 0.3) is 0 Å². The largest absolute Gasteiger partial charge is 0.395 e. The average molecular weight is 404 g/mol. The Kier molecular flexibility index (Phi) is 7.02. The number of aliphatic hydroxyl groups is 1. The van der Waals surface area contributed by atoms with Gasteiger partial charge in [0.2, 0.25) is 11.8 Å². The van der Waals surface area contributed by atoms with Gasteiger partial charge in [0, 0.05) is 31.6 Å². The normalized spacial score (nSPS) is 24.5. The first-order chi connectivity index (χ1) is 13.5. The van der Waals surface area contributed by atoms with Crippen LogP contribution in [0.3, 0.4) is 0 Å². The first-order valence-electron chi connectivity index (χ1n) is 10.1. The number of carbonyl (C=O) groups excluding carboxylic acids is 2. The first-order valence-corrected chi connectivity index (χ1v) is 10.5. The second-order valence-corrected chi connectivity index (χ2v) is 8.02. The molecule has 7 heteroatoms. The van der Waals surface area contributed by atoms with Crippen LogP contribution < -0.4 is 5.32 Å². The van der Waals surface area contributed by atoms with Gasteiger partial charge in [-0.05, 0) is 43.5 Å². The van der Waals surface area contributed by atoms with Crippen molar-refractivity contribution in [3.63, 3.8) is 0 Å². The van der Waals surface area contributed by atoms with E-state index in [0.717, 1.165) is 12.0 Å². The van der Waals surface area contributed by atoms with Gasteiger partial charge >= 0.3 is 0 Å². The van der Waals surface area contributed by atoms with Gasteiger partial charge in [0.1, 0.15) is 0 Å². The lowest BCUT2D eigenvalue weighted by molar-refractivity contribution is -0.142. The molecule has 0 spiro atoms. The number of fused-ring (bicyclic) bond motifs is 1. The van der Waals surface area contributed by atoms with Gasteiger partial charge in [0.05, 0.1) is 12.5 Å². The molecule has 1 aliphatic carbocycles. The van der Waals surface area contributed by atoms with E-state index in [1.54, 1.807) is 9.80 Å². The van der Waals surface area contributed by atoms with Gasteiger partial charge < -0.3 is 15.3 Å². The summed E-state index contributed by atoms with van der Waals surface area (Å²) < 4.78 is 0. The summed E-state index contributed by atoms with van der Waals surface area (Å²) in [6.45, 7) is 3.40. The van der Waals surface area contributed by atoms with Gasteiger partial charge in [-0.2, -0.15) is 0 Å². The molecule has 1 heterocycles. The van der Waals surface area contributed by atoms with Crippen molar-refractivity contribution < 1.29 is 14.7 Å². The highest BCUT2D eigenvalue weighted by molar-refractivity contribution is 7.80. The zero-order valence-corrected chi connectivity index (χ0v) is 17.2. The fourth-order valence-corrected chi connectivity index (χ4v) is 4.60. The van der Waals surface area contributed by atoms with E-state index in [1.165, 1.54) is 0 Å². The summed E-state index contributed by atoms with van der Waals surface area (Å²) in [4.78, 5) is 29.3. The highest BCUT2D eigenvalue weighted by Crippen LogP contribution is 2.34. The highest BCUT2D eigenvalue weighted by atomic mass is 32.1. The Morgan fingerprint density at radius 3 is 2.75 bits per heavy atom. The minimum Gasteiger partial charge on any atom is -0.395 e. The van der Waals surface area contributed by atoms with Crippen molar-refractivity contribution in [2.75, 3.05) is 19.7 Å². The summed E-state index contributed by atoms with van der Waals surface area (Å²) in [5.74, 6) is -0.120. The van der Waals surface area contributed by atoms with Crippen molar-refractivity contribution >= 4 is 29.1 Å². The molecule has 0 aromatic heterocycles. The Hall–Kier alpha value is -1.99. The first kappa shape index (κ1) is 20.7. The maximum atomic E-state index is 13.2. The van der Waals surface area contributed by atoms with Crippen molar-refractivity contribution in [3.8, 4) is 0 Å². The summed E-state index contributed by atoms with van der Waals surface area (Å²) in [7, 11) is 0. The van der Waals surface area contributed by atoms with Crippen molar-refractivity contribution in [3.05, 3.63) is 35.9 Å². The van der Waals surface area contributed by atoms with Crippen LogP contribution >= 0.6 is 12.2 Å². The van der Waals surface area contributed by atoms with Gasteiger partial charge in [-0.1, -0.05) is 37.3 Å². The number of thiocarbonyl (C=S) groups is 1. The zero-order chi connectivity index (χ0) is 20.1. The second-order valence-electron chi connectivity index (χ2n) is 7.63. The molecule has 3 rings (SSSR count). The average Bonchev–Trinajstić information content (AvgIpc) is 2.70. The lowest BCUT2D eigenvalue weighted by Crippen LogP contribution is -2.62. The lowest BCUT2D eigenvalue weighted by atomic mass is 9.76. The number of nitrogens with zero attached hydrogens (tertiary/aromatic N) is 2. The summed E-state index contributed by atoms with van der Waals surface area (Å²) in [5.41, 5.74) is 1.04. The molecule has 3 unspecified atom stereocenters. The molecule has 1 aliphatic heterocycles. The lowest BCUT2D eigenvalue weighted by Gasteiger charge is -2.44. The molecule has 3 atom stereocenters. The van der Waals surface area contributed by atoms with Crippen LogP contribution in [0, 0.1) is 11.8 Å². The molecule has 28 heavy (non-hydrogen) atoms. The standard InChI is InChI=1S/C21H29N3O3S/c1-2-10-24-20(27)17-9-8-16(13-18(17)22-21(24)28)19(26)23(11-12-25)14-15-6-4-3-5-7-15/h3-7,16-18,25H,2,8-14H2,1H3,(H,22,28). The van der Waals surface area contributed by atoms with E-state index >= 15 is 0 Å². The highest BCUT2D eigenvalue weighted by Gasteiger charge is 2.44. The number of aliphatic hydroxyl groups excluding tert-OH is 1. The molecule has 2 fully saturated rings. The molecule has 0 radical (unpaired) electrons. The Morgan fingerprint density at radius 1 is 1.32 bits per heavy atom. The van der Waals surface area contributed by atoms with Crippen molar-refractivity contribution in [2.45, 2.75) is 45.2 Å². The van der Waals surface area contributed by atoms with E-state index in [0.29, 0.717) is 44.0 Å². The van der Waals surface area contributed by atoms with E-state index < -0.39 is 0 Å². The van der Waals surface area contributed by atoms with Crippen LogP contribution in [0.5, 0.6) is 0 Å². The molecule has 6 nitrogen and oxygen atoms in total. The minimum atomic E-state index is -0.155. The summed E-state index contributed by atoms with van der Waals surface area (Å²) >= 11 is 5.39. The molecule has 2 aliphatic rings. The van der Waals surface area contributed by atoms with Gasteiger partial charge in [-0.25, -0.2) is 0 Å². The summed E-state index contributed by atoms with van der Waals surface area (Å²) in [5, 5.41) is 13.2. The Bertz CT molecular complexity index is 712. The summed E-state index contributed by atoms with van der Waals surface area (Å²) in [6.07, 6.45) is 2.85. The number of carbonyl (C=O) groups is 2. The maximum absolute atomic E-state index is 13.2. The third kappa shape index (κ3) is 4.52. The molecule has 2 amide bonds. The van der Waals surface area contributed by atoms with Crippen LogP contribution in [0.4, 0.5) is 0 Å². The van der Waals surface area contributed by atoms with Crippen molar-refractivity contribution in [2.24, 2.45) is 11.8 Å². The van der Waals surface area contributed by atoms with Crippen LogP contribution in [0.1, 0.15) is 38.2 Å². The van der Waals surface area contributed by atoms with Crippen LogP contribution in [0.2, 0.25) is 0 Å². The number of hydrogen-bond acceptors (Lipinski definition) is 4. The number of rotatable bonds is 7. The van der Waals surface area contributed by atoms with Crippen LogP contribution in [-0.2, 0) is 16.1 Å². The Morgan fingerprint density at radius 2 is 2.07 bits per heavy atom.